The standard InChI is InChI=1S/C14H23NO2S/c1-10(9-18-5)14(15-2)13-11(16-3)7-6-8-12(13)17-4/h6-8,10,14-15H,9H2,1-5H3. The fourth-order valence-electron chi connectivity index (χ4n) is 2.26. The van der Waals surface area contributed by atoms with Gasteiger partial charge in [-0.25, -0.2) is 0 Å². The average molecular weight is 269 g/mol. The van der Waals surface area contributed by atoms with Crippen LogP contribution in [0.1, 0.15) is 18.5 Å². The van der Waals surface area contributed by atoms with E-state index in [1.165, 1.54) is 0 Å². The van der Waals surface area contributed by atoms with Crippen LogP contribution in [0.4, 0.5) is 0 Å². The molecule has 1 aromatic carbocycles. The number of hydrogen-bond donors (Lipinski definition) is 1. The smallest absolute Gasteiger partial charge is 0.127 e. The van der Waals surface area contributed by atoms with Crippen molar-refractivity contribution in [2.24, 2.45) is 5.92 Å². The predicted octanol–water partition coefficient (Wildman–Crippen LogP) is 2.96. The quantitative estimate of drug-likeness (QED) is 0.824. The van der Waals surface area contributed by atoms with Crippen LogP contribution in [-0.2, 0) is 0 Å². The number of hydrogen-bond acceptors (Lipinski definition) is 4. The monoisotopic (exact) mass is 269 g/mol. The lowest BCUT2D eigenvalue weighted by atomic mass is 9.94. The Morgan fingerprint density at radius 3 is 2.17 bits per heavy atom. The first kappa shape index (κ1) is 15.2. The first-order chi connectivity index (χ1) is 8.69. The van der Waals surface area contributed by atoms with E-state index >= 15 is 0 Å². The van der Waals surface area contributed by atoms with Crippen molar-refractivity contribution in [2.45, 2.75) is 13.0 Å². The van der Waals surface area contributed by atoms with Crippen LogP contribution in [0.3, 0.4) is 0 Å². The van der Waals surface area contributed by atoms with Crippen LogP contribution in [-0.4, -0.2) is 33.3 Å². The van der Waals surface area contributed by atoms with Gasteiger partial charge in [0, 0.05) is 6.04 Å². The predicted molar refractivity (Wildman–Crippen MR) is 78.9 cm³/mol. The molecule has 0 spiro atoms. The van der Waals surface area contributed by atoms with Crippen molar-refractivity contribution in [2.75, 3.05) is 33.3 Å². The van der Waals surface area contributed by atoms with Crippen LogP contribution in [0.2, 0.25) is 0 Å². The molecule has 0 radical (unpaired) electrons. The maximum atomic E-state index is 5.47. The maximum absolute atomic E-state index is 5.47. The van der Waals surface area contributed by atoms with E-state index in [0.717, 1.165) is 22.8 Å². The fourth-order valence-corrected chi connectivity index (χ4v) is 2.98. The number of methoxy groups -OCH3 is 2. The summed E-state index contributed by atoms with van der Waals surface area (Å²) in [5.41, 5.74) is 1.10. The largest absolute Gasteiger partial charge is 0.496 e. The number of ether oxygens (including phenoxy) is 2. The lowest BCUT2D eigenvalue weighted by Gasteiger charge is -2.26. The van der Waals surface area contributed by atoms with Crippen molar-refractivity contribution < 1.29 is 9.47 Å². The van der Waals surface area contributed by atoms with Gasteiger partial charge in [0.25, 0.3) is 0 Å². The summed E-state index contributed by atoms with van der Waals surface area (Å²) in [6, 6.07) is 6.14. The summed E-state index contributed by atoms with van der Waals surface area (Å²) in [5, 5.41) is 3.38. The van der Waals surface area contributed by atoms with Gasteiger partial charge in [-0.3, -0.25) is 0 Å². The molecule has 0 aliphatic rings. The van der Waals surface area contributed by atoms with E-state index in [0.29, 0.717) is 5.92 Å². The van der Waals surface area contributed by atoms with Crippen molar-refractivity contribution in [1.82, 2.24) is 5.32 Å². The van der Waals surface area contributed by atoms with Gasteiger partial charge in [0.15, 0.2) is 0 Å². The van der Waals surface area contributed by atoms with Crippen LogP contribution >= 0.6 is 11.8 Å². The molecule has 0 fully saturated rings. The molecule has 18 heavy (non-hydrogen) atoms. The minimum Gasteiger partial charge on any atom is -0.496 e. The van der Waals surface area contributed by atoms with Crippen LogP contribution < -0.4 is 14.8 Å². The molecular formula is C14H23NO2S. The van der Waals surface area contributed by atoms with E-state index in [9.17, 15) is 0 Å². The number of thioether (sulfide) groups is 1. The molecule has 0 saturated heterocycles. The molecule has 4 heteroatoms. The third-order valence-corrected chi connectivity index (χ3v) is 3.95. The van der Waals surface area contributed by atoms with Gasteiger partial charge in [0.1, 0.15) is 11.5 Å². The van der Waals surface area contributed by atoms with Crippen molar-refractivity contribution in [3.63, 3.8) is 0 Å². The van der Waals surface area contributed by atoms with Gasteiger partial charge in [-0.15, -0.1) is 0 Å². The minimum absolute atomic E-state index is 0.226. The highest BCUT2D eigenvalue weighted by Gasteiger charge is 2.24. The Balaban J connectivity index is 3.17. The van der Waals surface area contributed by atoms with E-state index in [1.54, 1.807) is 14.2 Å². The van der Waals surface area contributed by atoms with E-state index < -0.39 is 0 Å². The molecule has 2 unspecified atom stereocenters. The zero-order chi connectivity index (χ0) is 13.5. The normalized spacial score (nSPS) is 14.1. The van der Waals surface area contributed by atoms with Crippen molar-refractivity contribution in [3.05, 3.63) is 23.8 Å². The molecule has 0 aliphatic carbocycles. The molecule has 1 N–H and O–H groups in total. The second-order valence-corrected chi connectivity index (χ2v) is 5.19. The van der Waals surface area contributed by atoms with Gasteiger partial charge in [-0.1, -0.05) is 13.0 Å². The number of nitrogens with one attached hydrogen (secondary N) is 1. The van der Waals surface area contributed by atoms with Crippen molar-refractivity contribution >= 4 is 11.8 Å². The molecule has 1 rings (SSSR count). The summed E-state index contributed by atoms with van der Waals surface area (Å²) < 4.78 is 10.9. The zero-order valence-corrected chi connectivity index (χ0v) is 12.6. The van der Waals surface area contributed by atoms with Crippen LogP contribution in [0.25, 0.3) is 0 Å². The Bertz CT molecular complexity index is 349. The fraction of sp³-hybridized carbons (Fsp3) is 0.571. The highest BCUT2D eigenvalue weighted by Crippen LogP contribution is 2.37. The molecule has 1 aromatic rings. The molecule has 2 atom stereocenters. The van der Waals surface area contributed by atoms with Gasteiger partial charge in [0.05, 0.1) is 19.8 Å². The number of benzene rings is 1. The minimum atomic E-state index is 0.226. The molecule has 102 valence electrons. The third kappa shape index (κ3) is 3.33. The van der Waals surface area contributed by atoms with Crippen LogP contribution in [0.15, 0.2) is 18.2 Å². The Hall–Kier alpha value is -0.870. The molecule has 0 amide bonds. The van der Waals surface area contributed by atoms with Crippen molar-refractivity contribution in [1.29, 1.82) is 0 Å². The summed E-state index contributed by atoms with van der Waals surface area (Å²) in [7, 11) is 5.38. The molecule has 3 nitrogen and oxygen atoms in total. The molecule has 0 saturated carbocycles. The van der Waals surface area contributed by atoms with Gasteiger partial charge in [0.2, 0.25) is 0 Å². The first-order valence-corrected chi connectivity index (χ1v) is 7.46. The second kappa shape index (κ2) is 7.54. The Morgan fingerprint density at radius 2 is 1.78 bits per heavy atom. The molecule has 0 aromatic heterocycles. The van der Waals surface area contributed by atoms with Gasteiger partial charge < -0.3 is 14.8 Å². The molecular weight excluding hydrogens is 246 g/mol. The van der Waals surface area contributed by atoms with E-state index in [-0.39, 0.29) is 6.04 Å². The van der Waals surface area contributed by atoms with E-state index in [1.807, 2.05) is 37.0 Å². The number of rotatable bonds is 7. The Kier molecular flexibility index (Phi) is 6.36. The highest BCUT2D eigenvalue weighted by molar-refractivity contribution is 7.98. The van der Waals surface area contributed by atoms with E-state index in [2.05, 4.69) is 18.5 Å². The summed E-state index contributed by atoms with van der Waals surface area (Å²) in [6.45, 7) is 2.24. The SMILES string of the molecule is CNC(c1c(OC)cccc1OC)C(C)CSC. The maximum Gasteiger partial charge on any atom is 0.127 e. The summed E-state index contributed by atoms with van der Waals surface area (Å²) >= 11 is 1.85. The van der Waals surface area contributed by atoms with Gasteiger partial charge in [-0.2, -0.15) is 11.8 Å². The lowest BCUT2D eigenvalue weighted by molar-refractivity contribution is 0.354. The lowest BCUT2D eigenvalue weighted by Crippen LogP contribution is -2.26. The molecule has 0 bridgehead atoms. The first-order valence-electron chi connectivity index (χ1n) is 6.06. The zero-order valence-electron chi connectivity index (χ0n) is 11.8. The average Bonchev–Trinajstić information content (AvgIpc) is 2.40. The molecule has 0 heterocycles. The molecule has 0 aliphatic heterocycles. The van der Waals surface area contributed by atoms with Crippen LogP contribution in [0.5, 0.6) is 11.5 Å². The summed E-state index contributed by atoms with van der Waals surface area (Å²) in [6.07, 6.45) is 2.13. The van der Waals surface area contributed by atoms with E-state index in [4.69, 9.17) is 9.47 Å². The summed E-state index contributed by atoms with van der Waals surface area (Å²) in [5.74, 6) is 3.34. The third-order valence-electron chi connectivity index (χ3n) is 3.09. The Morgan fingerprint density at radius 1 is 1.22 bits per heavy atom. The van der Waals surface area contributed by atoms with Gasteiger partial charge >= 0.3 is 0 Å². The van der Waals surface area contributed by atoms with Crippen LogP contribution in [0, 0.1) is 5.92 Å². The Labute approximate surface area is 114 Å². The van der Waals surface area contributed by atoms with Gasteiger partial charge in [-0.05, 0) is 37.1 Å². The topological polar surface area (TPSA) is 30.5 Å². The van der Waals surface area contributed by atoms with Crippen molar-refractivity contribution in [3.8, 4) is 11.5 Å². The second-order valence-electron chi connectivity index (χ2n) is 4.28. The summed E-state index contributed by atoms with van der Waals surface area (Å²) in [4.78, 5) is 0. The highest BCUT2D eigenvalue weighted by atomic mass is 32.2.